The van der Waals surface area contributed by atoms with E-state index in [9.17, 15) is 9.59 Å². The number of fused-ring (bicyclic) bond motifs is 1. The molecule has 0 spiro atoms. The predicted octanol–water partition coefficient (Wildman–Crippen LogP) is 3.50. The van der Waals surface area contributed by atoms with Crippen LogP contribution in [-0.4, -0.2) is 17.0 Å². The van der Waals surface area contributed by atoms with Gasteiger partial charge in [0.1, 0.15) is 0 Å². The number of aromatic carboxylic acids is 1. The van der Waals surface area contributed by atoms with Crippen molar-refractivity contribution in [2.45, 2.75) is 0 Å². The van der Waals surface area contributed by atoms with Crippen LogP contribution in [0.5, 0.6) is 0 Å². The molecule has 2 aromatic heterocycles. The summed E-state index contributed by atoms with van der Waals surface area (Å²) in [6.07, 6.45) is 0. The van der Waals surface area contributed by atoms with Crippen molar-refractivity contribution in [3.63, 3.8) is 0 Å². The summed E-state index contributed by atoms with van der Waals surface area (Å²) in [5.74, 6) is -1.31. The number of benzene rings is 1. The number of anilines is 2. The van der Waals surface area contributed by atoms with E-state index in [0.717, 1.165) is 9.40 Å². The quantitative estimate of drug-likeness (QED) is 0.644. The van der Waals surface area contributed by atoms with E-state index in [1.54, 1.807) is 11.3 Å². The van der Waals surface area contributed by atoms with Crippen LogP contribution in [0.3, 0.4) is 0 Å². The maximum absolute atomic E-state index is 12.2. The number of carbonyl (C=O) groups excluding carboxylic acids is 1. The van der Waals surface area contributed by atoms with Gasteiger partial charge in [0, 0.05) is 9.40 Å². The Morgan fingerprint density at radius 3 is 2.62 bits per heavy atom. The Morgan fingerprint density at radius 1 is 1.14 bits per heavy atom. The second kappa shape index (κ2) is 5.19. The molecule has 0 aliphatic heterocycles. The Labute approximate surface area is 127 Å². The average Bonchev–Trinajstić information content (AvgIpc) is 3.01. The third-order valence-corrected chi connectivity index (χ3v) is 5.00. The smallest absolute Gasteiger partial charge is 0.335 e. The van der Waals surface area contributed by atoms with Gasteiger partial charge in [0.05, 0.1) is 21.8 Å². The molecule has 4 N–H and O–H groups in total. The Balaban J connectivity index is 1.84. The zero-order valence-corrected chi connectivity index (χ0v) is 12.3. The van der Waals surface area contributed by atoms with Crippen molar-refractivity contribution in [2.24, 2.45) is 0 Å². The van der Waals surface area contributed by atoms with Crippen LogP contribution in [0.4, 0.5) is 11.4 Å². The Bertz CT molecular complexity index is 822. The number of amides is 1. The standard InChI is InChI=1S/C14H10N2O3S2/c15-8-5-7(14(18)19)1-2-9(8)16-13(17)12-6-11-10(21-12)3-4-20-11/h1-6H,15H2,(H,16,17)(H,18,19). The summed E-state index contributed by atoms with van der Waals surface area (Å²) in [6, 6.07) is 8.03. The molecular formula is C14H10N2O3S2. The number of rotatable bonds is 3. The van der Waals surface area contributed by atoms with E-state index < -0.39 is 5.97 Å². The molecule has 0 saturated heterocycles. The number of thiophene rings is 2. The lowest BCUT2D eigenvalue weighted by molar-refractivity contribution is 0.0697. The van der Waals surface area contributed by atoms with E-state index in [0.29, 0.717) is 10.6 Å². The lowest BCUT2D eigenvalue weighted by Gasteiger charge is -2.07. The fraction of sp³-hybridized carbons (Fsp3) is 0. The summed E-state index contributed by atoms with van der Waals surface area (Å²) in [5, 5.41) is 13.6. The van der Waals surface area contributed by atoms with Crippen LogP contribution in [0, 0.1) is 0 Å². The van der Waals surface area contributed by atoms with Crippen molar-refractivity contribution in [3.8, 4) is 0 Å². The largest absolute Gasteiger partial charge is 0.478 e. The number of nitrogens with two attached hydrogens (primary N) is 1. The molecule has 1 amide bonds. The highest BCUT2D eigenvalue weighted by atomic mass is 32.1. The molecule has 1 aromatic carbocycles. The minimum absolute atomic E-state index is 0.0853. The molecule has 3 aromatic rings. The van der Waals surface area contributed by atoms with E-state index >= 15 is 0 Å². The van der Waals surface area contributed by atoms with Gasteiger partial charge in [-0.2, -0.15) is 0 Å². The minimum atomic E-state index is -1.06. The lowest BCUT2D eigenvalue weighted by Crippen LogP contribution is -2.12. The topological polar surface area (TPSA) is 92.4 Å². The predicted molar refractivity (Wildman–Crippen MR) is 85.5 cm³/mol. The zero-order valence-electron chi connectivity index (χ0n) is 10.6. The second-order valence-electron chi connectivity index (χ2n) is 4.32. The van der Waals surface area contributed by atoms with E-state index in [1.807, 2.05) is 17.5 Å². The molecule has 0 radical (unpaired) electrons. The molecule has 2 heterocycles. The van der Waals surface area contributed by atoms with Crippen LogP contribution in [-0.2, 0) is 0 Å². The first-order chi connectivity index (χ1) is 10.0. The molecule has 0 bridgehead atoms. The third-order valence-electron chi connectivity index (χ3n) is 2.91. The lowest BCUT2D eigenvalue weighted by atomic mass is 10.1. The summed E-state index contributed by atoms with van der Waals surface area (Å²) in [6.45, 7) is 0. The average molecular weight is 318 g/mol. The Kier molecular flexibility index (Phi) is 3.36. The van der Waals surface area contributed by atoms with Gasteiger partial charge in [-0.1, -0.05) is 0 Å². The van der Waals surface area contributed by atoms with Gasteiger partial charge in [-0.15, -0.1) is 22.7 Å². The van der Waals surface area contributed by atoms with Crippen molar-refractivity contribution < 1.29 is 14.7 Å². The summed E-state index contributed by atoms with van der Waals surface area (Å²) in [4.78, 5) is 23.6. The number of carboxylic acids is 1. The maximum atomic E-state index is 12.2. The molecule has 0 saturated carbocycles. The minimum Gasteiger partial charge on any atom is -0.478 e. The molecule has 0 atom stereocenters. The highest BCUT2D eigenvalue weighted by Gasteiger charge is 2.13. The van der Waals surface area contributed by atoms with Gasteiger partial charge in [-0.25, -0.2) is 4.79 Å². The molecule has 5 nitrogen and oxygen atoms in total. The van der Waals surface area contributed by atoms with Crippen LogP contribution < -0.4 is 11.1 Å². The zero-order chi connectivity index (χ0) is 15.0. The summed E-state index contributed by atoms with van der Waals surface area (Å²) >= 11 is 2.99. The Morgan fingerprint density at radius 2 is 1.95 bits per heavy atom. The number of nitrogens with one attached hydrogen (secondary N) is 1. The third kappa shape index (κ3) is 2.61. The van der Waals surface area contributed by atoms with Gasteiger partial charge >= 0.3 is 5.97 Å². The number of hydrogen-bond acceptors (Lipinski definition) is 5. The van der Waals surface area contributed by atoms with Gasteiger partial charge in [0.15, 0.2) is 0 Å². The SMILES string of the molecule is Nc1cc(C(=O)O)ccc1NC(=O)c1cc2sccc2s1. The van der Waals surface area contributed by atoms with Gasteiger partial charge < -0.3 is 16.2 Å². The van der Waals surface area contributed by atoms with Crippen LogP contribution in [0.2, 0.25) is 0 Å². The van der Waals surface area contributed by atoms with Crippen molar-refractivity contribution in [1.29, 1.82) is 0 Å². The van der Waals surface area contributed by atoms with Crippen molar-refractivity contribution >= 4 is 55.3 Å². The first kappa shape index (κ1) is 13.6. The highest BCUT2D eigenvalue weighted by molar-refractivity contribution is 7.27. The van der Waals surface area contributed by atoms with Crippen molar-refractivity contribution in [1.82, 2.24) is 0 Å². The first-order valence-corrected chi connectivity index (χ1v) is 7.65. The molecule has 21 heavy (non-hydrogen) atoms. The molecule has 3 rings (SSSR count). The van der Waals surface area contributed by atoms with E-state index in [4.69, 9.17) is 10.8 Å². The highest BCUT2D eigenvalue weighted by Crippen LogP contribution is 2.31. The van der Waals surface area contributed by atoms with Crippen LogP contribution >= 0.6 is 22.7 Å². The fourth-order valence-electron chi connectivity index (χ4n) is 1.87. The molecule has 0 fully saturated rings. The van der Waals surface area contributed by atoms with Crippen LogP contribution in [0.1, 0.15) is 20.0 Å². The maximum Gasteiger partial charge on any atom is 0.335 e. The second-order valence-corrected chi connectivity index (χ2v) is 6.35. The van der Waals surface area contributed by atoms with Gasteiger partial charge in [-0.05, 0) is 35.7 Å². The number of carbonyl (C=O) groups is 2. The molecule has 0 aliphatic rings. The summed E-state index contributed by atoms with van der Waals surface area (Å²) < 4.78 is 2.14. The van der Waals surface area contributed by atoms with Gasteiger partial charge in [-0.3, -0.25) is 4.79 Å². The van der Waals surface area contributed by atoms with Crippen LogP contribution in [0.25, 0.3) is 9.40 Å². The summed E-state index contributed by atoms with van der Waals surface area (Å²) in [5.41, 5.74) is 6.48. The first-order valence-electron chi connectivity index (χ1n) is 5.96. The van der Waals surface area contributed by atoms with Gasteiger partial charge in [0.2, 0.25) is 0 Å². The number of nitrogen functional groups attached to an aromatic ring is 1. The molecule has 7 heteroatoms. The van der Waals surface area contributed by atoms with Crippen LogP contribution in [0.15, 0.2) is 35.7 Å². The normalized spacial score (nSPS) is 10.7. The van der Waals surface area contributed by atoms with Crippen molar-refractivity contribution in [3.05, 3.63) is 46.2 Å². The van der Waals surface area contributed by atoms with Crippen molar-refractivity contribution in [2.75, 3.05) is 11.1 Å². The molecule has 106 valence electrons. The Hall–Kier alpha value is -2.38. The summed E-state index contributed by atoms with van der Waals surface area (Å²) in [7, 11) is 0. The van der Waals surface area contributed by atoms with E-state index in [1.165, 1.54) is 29.5 Å². The molecular weight excluding hydrogens is 308 g/mol. The van der Waals surface area contributed by atoms with Gasteiger partial charge in [0.25, 0.3) is 5.91 Å². The van der Waals surface area contributed by atoms with E-state index in [2.05, 4.69) is 5.32 Å². The number of hydrogen-bond donors (Lipinski definition) is 3. The van der Waals surface area contributed by atoms with E-state index in [-0.39, 0.29) is 17.2 Å². The monoisotopic (exact) mass is 318 g/mol. The number of carboxylic acid groups (broad SMARTS) is 1. The molecule has 0 unspecified atom stereocenters. The molecule has 0 aliphatic carbocycles. The fourth-order valence-corrected chi connectivity index (χ4v) is 3.88.